The van der Waals surface area contributed by atoms with Gasteiger partial charge in [-0.3, -0.25) is 4.79 Å². The first-order valence-electron chi connectivity index (χ1n) is 19.3. The van der Waals surface area contributed by atoms with Crippen LogP contribution in [0, 0.1) is 23.7 Å². The van der Waals surface area contributed by atoms with Crippen molar-refractivity contribution in [2.24, 2.45) is 23.7 Å². The second kappa shape index (κ2) is 15.7. The zero-order valence-corrected chi connectivity index (χ0v) is 32.8. The van der Waals surface area contributed by atoms with Crippen molar-refractivity contribution in [1.29, 1.82) is 0 Å². The summed E-state index contributed by atoms with van der Waals surface area (Å²) >= 11 is 0. The van der Waals surface area contributed by atoms with Crippen LogP contribution in [0.1, 0.15) is 64.9 Å². The van der Waals surface area contributed by atoms with E-state index in [-0.39, 0.29) is 50.0 Å². The Morgan fingerprint density at radius 1 is 1.17 bits per heavy atom. The molecular weight excluding hydrogens is 739 g/mol. The van der Waals surface area contributed by atoms with Crippen LogP contribution in [0.15, 0.2) is 35.0 Å². The van der Waals surface area contributed by atoms with Crippen molar-refractivity contribution < 1.29 is 58.8 Å². The number of esters is 1. The zero-order valence-electron chi connectivity index (χ0n) is 31.1. The Bertz CT molecular complexity index is 1690. The number of hydrogen-bond donors (Lipinski definition) is 7. The fraction of sp³-hybridized carbons (Fsp3) is 0.718. The molecule has 1 saturated heterocycles. The SMILES string of the molecule is CCOC(=O)CCc1cc2ccoc2c2c1O[C@]13C=C[C@@H](SSC[C@H](CCC(C)C)NCCO2)[C@](CO)(O1)[C@@]1(O)C[C@@H]2CC[C@@H](O)[C@H](CO)[C@H]2[C@@]3(O)[C@H]1O. The standard InChI is InChI=1S/C39H55NO12S2/c1-4-48-30(44)10-7-23-17-24-12-15-49-32(24)34-33(23)51-38-13-11-29(54-53-20-26(8-5-22(2)3)40-14-16-50-34)37(21-42,52-38)36(46)18-25-6-9-28(43)27(19-41)31(25)39(38,47)35(36)45/h11-13,15,17,22,25-29,31,35,40-43,45-47H,4-10,14,16,18-21H2,1-3H3/t25-,26-,27-,28+,29+,31-,35-,36+,37-,38+,39+/m0/s1. The minimum atomic E-state index is -2.47. The summed E-state index contributed by atoms with van der Waals surface area (Å²) in [6, 6.07) is 3.68. The van der Waals surface area contributed by atoms with E-state index < -0.39 is 77.0 Å². The van der Waals surface area contributed by atoms with E-state index in [9.17, 15) is 35.4 Å². The number of nitrogens with one attached hydrogen (secondary N) is 1. The van der Waals surface area contributed by atoms with Crippen molar-refractivity contribution in [3.8, 4) is 11.5 Å². The number of carbonyl (C=O) groups is 1. The van der Waals surface area contributed by atoms with Gasteiger partial charge >= 0.3 is 5.97 Å². The summed E-state index contributed by atoms with van der Waals surface area (Å²) in [6.07, 6.45) is 4.53. The van der Waals surface area contributed by atoms with E-state index in [1.165, 1.54) is 17.1 Å². The molecule has 5 bridgehead atoms. The number of benzene rings is 1. The van der Waals surface area contributed by atoms with Crippen LogP contribution in [0.3, 0.4) is 0 Å². The van der Waals surface area contributed by atoms with Crippen LogP contribution in [0.2, 0.25) is 0 Å². The highest BCUT2D eigenvalue weighted by Gasteiger charge is 2.83. The maximum atomic E-state index is 13.3. The summed E-state index contributed by atoms with van der Waals surface area (Å²) in [5.74, 6) is -3.67. The first kappa shape index (κ1) is 40.2. The zero-order chi connectivity index (χ0) is 38.5. The monoisotopic (exact) mass is 793 g/mol. The molecule has 5 aliphatic rings. The molecule has 2 aromatic rings. The maximum absolute atomic E-state index is 13.3. The number of rotatable bonds is 9. The third kappa shape index (κ3) is 6.48. The van der Waals surface area contributed by atoms with Crippen LogP contribution in [-0.2, 0) is 20.7 Å². The van der Waals surface area contributed by atoms with E-state index >= 15 is 0 Å². The van der Waals surface area contributed by atoms with Gasteiger partial charge in [-0.05, 0) is 81.1 Å². The minimum absolute atomic E-state index is 0.0115. The predicted molar refractivity (Wildman–Crippen MR) is 203 cm³/mol. The van der Waals surface area contributed by atoms with Crippen molar-refractivity contribution in [3.63, 3.8) is 0 Å². The molecule has 4 heterocycles. The molecule has 3 fully saturated rings. The Labute approximate surface area is 323 Å². The van der Waals surface area contributed by atoms with Crippen LogP contribution < -0.4 is 14.8 Å². The summed E-state index contributed by atoms with van der Waals surface area (Å²) in [5, 5.41) is 75.7. The second-order valence-electron chi connectivity index (χ2n) is 16.0. The van der Waals surface area contributed by atoms with Gasteiger partial charge in [-0.15, -0.1) is 0 Å². The summed E-state index contributed by atoms with van der Waals surface area (Å²) in [6.45, 7) is 5.76. The number of fused-ring (bicyclic) bond motifs is 11. The highest BCUT2D eigenvalue weighted by molar-refractivity contribution is 8.77. The Balaban J connectivity index is 1.44. The Morgan fingerprint density at radius 2 is 1.98 bits per heavy atom. The molecule has 0 amide bonds. The van der Waals surface area contributed by atoms with Gasteiger partial charge < -0.3 is 59.3 Å². The van der Waals surface area contributed by atoms with Crippen LogP contribution in [-0.4, -0.2) is 121 Å². The van der Waals surface area contributed by atoms with Crippen molar-refractivity contribution in [1.82, 2.24) is 5.32 Å². The molecular formula is C39H55NO12S2. The van der Waals surface area contributed by atoms with Gasteiger partial charge in [0.1, 0.15) is 23.9 Å². The van der Waals surface area contributed by atoms with E-state index in [0.29, 0.717) is 47.6 Å². The molecule has 1 aromatic carbocycles. The lowest BCUT2D eigenvalue weighted by atomic mass is 9.46. The van der Waals surface area contributed by atoms with E-state index in [0.717, 1.165) is 12.8 Å². The van der Waals surface area contributed by atoms with Crippen molar-refractivity contribution in [3.05, 3.63) is 36.1 Å². The van der Waals surface area contributed by atoms with Gasteiger partial charge in [0.25, 0.3) is 5.79 Å². The average Bonchev–Trinajstić information content (AvgIpc) is 3.62. The molecule has 1 aromatic heterocycles. The van der Waals surface area contributed by atoms with Crippen molar-refractivity contribution in [2.45, 2.75) is 112 Å². The van der Waals surface area contributed by atoms with Gasteiger partial charge in [0.15, 0.2) is 16.9 Å². The fourth-order valence-electron chi connectivity index (χ4n) is 9.75. The molecule has 13 nitrogen and oxygen atoms in total. The molecule has 11 atom stereocenters. The van der Waals surface area contributed by atoms with Crippen LogP contribution in [0.5, 0.6) is 11.5 Å². The predicted octanol–water partition coefficient (Wildman–Crippen LogP) is 3.09. The van der Waals surface area contributed by atoms with Crippen LogP contribution >= 0.6 is 21.6 Å². The minimum Gasteiger partial charge on any atom is -0.485 e. The van der Waals surface area contributed by atoms with Crippen LogP contribution in [0.25, 0.3) is 11.0 Å². The van der Waals surface area contributed by atoms with E-state index in [1.807, 2.05) is 0 Å². The number of aryl methyl sites for hydroxylation is 1. The number of ether oxygens (including phenoxy) is 4. The van der Waals surface area contributed by atoms with E-state index in [2.05, 4.69) is 19.2 Å². The summed E-state index contributed by atoms with van der Waals surface area (Å²) in [7, 11) is 2.99. The lowest BCUT2D eigenvalue weighted by molar-refractivity contribution is -0.453. The molecule has 0 radical (unpaired) electrons. The number of furan rings is 1. The summed E-state index contributed by atoms with van der Waals surface area (Å²) < 4.78 is 31.8. The largest absolute Gasteiger partial charge is 0.485 e. The summed E-state index contributed by atoms with van der Waals surface area (Å²) in [4.78, 5) is 12.7. The third-order valence-corrected chi connectivity index (χ3v) is 15.3. The van der Waals surface area contributed by atoms with Gasteiger partial charge in [-0.25, -0.2) is 0 Å². The molecule has 15 heteroatoms. The lowest BCUT2D eigenvalue weighted by Gasteiger charge is -2.72. The van der Waals surface area contributed by atoms with E-state index in [4.69, 9.17) is 23.4 Å². The average molecular weight is 794 g/mol. The smallest absolute Gasteiger partial charge is 0.306 e. The molecule has 1 spiro atoms. The summed E-state index contributed by atoms with van der Waals surface area (Å²) in [5.41, 5.74) is -5.66. The third-order valence-electron chi connectivity index (χ3n) is 12.5. The Morgan fingerprint density at radius 3 is 2.72 bits per heavy atom. The second-order valence-corrected chi connectivity index (χ2v) is 18.6. The topological polar surface area (TPSA) is 201 Å². The quantitative estimate of drug-likeness (QED) is 0.111. The van der Waals surface area contributed by atoms with Gasteiger partial charge in [-0.1, -0.05) is 41.5 Å². The van der Waals surface area contributed by atoms with Gasteiger partial charge in [0.05, 0.1) is 30.8 Å². The number of hydrogen-bond acceptors (Lipinski definition) is 15. The molecule has 7 N–H and O–H groups in total. The lowest BCUT2D eigenvalue weighted by Crippen LogP contribution is -2.90. The molecule has 2 saturated carbocycles. The molecule has 54 heavy (non-hydrogen) atoms. The number of aliphatic hydroxyl groups excluding tert-OH is 4. The maximum Gasteiger partial charge on any atom is 0.306 e. The van der Waals surface area contributed by atoms with Crippen molar-refractivity contribution >= 4 is 38.5 Å². The number of aliphatic hydroxyl groups is 6. The first-order valence-corrected chi connectivity index (χ1v) is 21.7. The highest BCUT2D eigenvalue weighted by Crippen LogP contribution is 2.67. The Hall–Kier alpha value is -2.05. The van der Waals surface area contributed by atoms with Crippen molar-refractivity contribution in [2.75, 3.05) is 38.7 Å². The van der Waals surface area contributed by atoms with Gasteiger partial charge in [-0.2, -0.15) is 0 Å². The fourth-order valence-corrected chi connectivity index (χ4v) is 12.9. The molecule has 3 aliphatic heterocycles. The number of carbonyl (C=O) groups excluding carboxylic acids is 1. The molecule has 2 aliphatic carbocycles. The normalized spacial score (nSPS) is 39.2. The molecule has 7 rings (SSSR count). The Kier molecular flexibility index (Phi) is 11.7. The molecule has 300 valence electrons. The van der Waals surface area contributed by atoms with Gasteiger partial charge in [0, 0.05) is 48.6 Å². The van der Waals surface area contributed by atoms with Crippen LogP contribution in [0.4, 0.5) is 0 Å². The highest BCUT2D eigenvalue weighted by atomic mass is 33.1. The molecule has 0 unspecified atom stereocenters. The first-order chi connectivity index (χ1) is 25.9. The van der Waals surface area contributed by atoms with E-state index in [1.54, 1.807) is 42.0 Å². The van der Waals surface area contributed by atoms with Gasteiger partial charge in [0.2, 0.25) is 5.75 Å².